The minimum absolute atomic E-state index is 0.877. The minimum Gasteiger partial charge on any atom is -0.321 e. The lowest BCUT2D eigenvalue weighted by molar-refractivity contribution is -0.0534. The van der Waals surface area contributed by atoms with Gasteiger partial charge >= 0.3 is 13.7 Å². The molecule has 0 radical (unpaired) electrons. The maximum atomic E-state index is 8.89. The SMILES string of the molecule is COC(OC)[P+](C)(O)O. The fourth-order valence-electron chi connectivity index (χ4n) is 0.496. The first-order valence-corrected chi connectivity index (χ1v) is 4.60. The van der Waals surface area contributed by atoms with Gasteiger partial charge in [-0.1, -0.05) is 0 Å². The highest BCUT2D eigenvalue weighted by atomic mass is 31.2. The van der Waals surface area contributed by atoms with E-state index in [9.17, 15) is 0 Å². The topological polar surface area (TPSA) is 58.9 Å². The van der Waals surface area contributed by atoms with E-state index in [1.165, 1.54) is 20.9 Å². The Labute approximate surface area is 54.9 Å². The zero-order chi connectivity index (χ0) is 7.49. The van der Waals surface area contributed by atoms with Crippen LogP contribution in [0.4, 0.5) is 0 Å². The number of hydrogen-bond donors (Lipinski definition) is 2. The fourth-order valence-corrected chi connectivity index (χ4v) is 1.29. The van der Waals surface area contributed by atoms with Gasteiger partial charge in [0.1, 0.15) is 6.66 Å². The average Bonchev–Trinajstić information content (AvgIpc) is 1.65. The summed E-state index contributed by atoms with van der Waals surface area (Å²) in [5.41, 5.74) is 0. The number of hydrogen-bond acceptors (Lipinski definition) is 4. The predicted molar refractivity (Wildman–Crippen MR) is 35.1 cm³/mol. The third kappa shape index (κ3) is 3.08. The van der Waals surface area contributed by atoms with E-state index in [1.807, 2.05) is 0 Å². The van der Waals surface area contributed by atoms with Crippen molar-refractivity contribution in [1.82, 2.24) is 0 Å². The van der Waals surface area contributed by atoms with Gasteiger partial charge in [0.25, 0.3) is 0 Å². The molecule has 56 valence electrons. The summed E-state index contributed by atoms with van der Waals surface area (Å²) in [5, 5.41) is 0. The van der Waals surface area contributed by atoms with E-state index >= 15 is 0 Å². The molecule has 0 rings (SSSR count). The molecule has 2 N–H and O–H groups in total. The van der Waals surface area contributed by atoms with Crippen LogP contribution in [0.5, 0.6) is 0 Å². The van der Waals surface area contributed by atoms with Crippen molar-refractivity contribution >= 4 is 7.72 Å². The minimum atomic E-state index is -2.97. The van der Waals surface area contributed by atoms with E-state index in [-0.39, 0.29) is 0 Å². The number of rotatable bonds is 3. The summed E-state index contributed by atoms with van der Waals surface area (Å²) < 4.78 is 9.18. The second kappa shape index (κ2) is 3.44. The van der Waals surface area contributed by atoms with Crippen LogP contribution < -0.4 is 0 Å². The van der Waals surface area contributed by atoms with Crippen LogP contribution in [-0.4, -0.2) is 36.7 Å². The highest BCUT2D eigenvalue weighted by Gasteiger charge is 2.39. The van der Waals surface area contributed by atoms with Crippen LogP contribution in [-0.2, 0) is 9.47 Å². The van der Waals surface area contributed by atoms with E-state index in [0.717, 1.165) is 0 Å². The summed E-state index contributed by atoms with van der Waals surface area (Å²) in [4.78, 5) is 17.8. The second-order valence-corrected chi connectivity index (χ2v) is 4.14. The van der Waals surface area contributed by atoms with E-state index in [0.29, 0.717) is 0 Å². The van der Waals surface area contributed by atoms with Gasteiger partial charge in [-0.05, 0) is 0 Å². The molecule has 0 saturated heterocycles. The van der Waals surface area contributed by atoms with E-state index in [2.05, 4.69) is 9.47 Å². The van der Waals surface area contributed by atoms with Crippen LogP contribution in [0.1, 0.15) is 0 Å². The summed E-state index contributed by atoms with van der Waals surface area (Å²) in [7, 11) is -0.250. The van der Waals surface area contributed by atoms with Crippen LogP contribution >= 0.6 is 7.72 Å². The van der Waals surface area contributed by atoms with Crippen molar-refractivity contribution in [2.45, 2.75) is 6.03 Å². The summed E-state index contributed by atoms with van der Waals surface area (Å²) >= 11 is 0. The van der Waals surface area contributed by atoms with Gasteiger partial charge in [-0.3, -0.25) is 0 Å². The molecule has 9 heavy (non-hydrogen) atoms. The summed E-state index contributed by atoms with van der Waals surface area (Å²) in [6.07, 6.45) is 0. The lowest BCUT2D eigenvalue weighted by atomic mass is 11.3. The molecule has 0 aliphatic heterocycles. The van der Waals surface area contributed by atoms with Gasteiger partial charge in [-0.25, -0.2) is 9.79 Å². The number of methoxy groups -OCH3 is 2. The Bertz CT molecular complexity index is 75.1. The van der Waals surface area contributed by atoms with Crippen LogP contribution in [0, 0.1) is 0 Å². The Morgan fingerprint density at radius 3 is 1.56 bits per heavy atom. The third-order valence-corrected chi connectivity index (χ3v) is 2.02. The maximum absolute atomic E-state index is 8.89. The zero-order valence-corrected chi connectivity index (χ0v) is 6.63. The Balaban J connectivity index is 3.79. The molecule has 5 heteroatoms. The maximum Gasteiger partial charge on any atom is 0.328 e. The van der Waals surface area contributed by atoms with Gasteiger partial charge in [0.2, 0.25) is 0 Å². The molecular formula is C4H12O4P+. The molecule has 0 aliphatic rings. The average molecular weight is 155 g/mol. The largest absolute Gasteiger partial charge is 0.328 e. The van der Waals surface area contributed by atoms with E-state index < -0.39 is 13.7 Å². The van der Waals surface area contributed by atoms with Crippen molar-refractivity contribution in [2.24, 2.45) is 0 Å². The van der Waals surface area contributed by atoms with Crippen molar-refractivity contribution in [3.05, 3.63) is 0 Å². The van der Waals surface area contributed by atoms with Gasteiger partial charge < -0.3 is 9.47 Å². The van der Waals surface area contributed by atoms with Gasteiger partial charge in [0, 0.05) is 14.2 Å². The zero-order valence-electron chi connectivity index (χ0n) is 5.74. The smallest absolute Gasteiger partial charge is 0.321 e. The predicted octanol–water partition coefficient (Wildman–Crippen LogP) is 0.0248. The monoisotopic (exact) mass is 155 g/mol. The van der Waals surface area contributed by atoms with E-state index in [1.54, 1.807) is 0 Å². The second-order valence-electron chi connectivity index (χ2n) is 1.76. The standard InChI is InChI=1S/C4H12O4P/c1-7-4(8-2)9(3,5)6/h4-6H,1-3H3/q+1. The molecular weight excluding hydrogens is 143 g/mol. The van der Waals surface area contributed by atoms with E-state index in [4.69, 9.17) is 9.79 Å². The summed E-state index contributed by atoms with van der Waals surface area (Å²) in [6, 6.07) is -0.877. The quantitative estimate of drug-likeness (QED) is 0.445. The number of ether oxygens (including phenoxy) is 2. The van der Waals surface area contributed by atoms with Crippen molar-refractivity contribution in [2.75, 3.05) is 20.9 Å². The Kier molecular flexibility index (Phi) is 3.54. The van der Waals surface area contributed by atoms with Crippen LogP contribution in [0.3, 0.4) is 0 Å². The first-order chi connectivity index (χ1) is 4.02. The first kappa shape index (κ1) is 9.27. The fraction of sp³-hybridized carbons (Fsp3) is 1.00. The van der Waals surface area contributed by atoms with Crippen molar-refractivity contribution in [3.63, 3.8) is 0 Å². The molecule has 0 atom stereocenters. The molecule has 0 aromatic rings. The highest BCUT2D eigenvalue weighted by molar-refractivity contribution is 7.64. The Morgan fingerprint density at radius 1 is 1.22 bits per heavy atom. The van der Waals surface area contributed by atoms with Gasteiger partial charge in [0.15, 0.2) is 0 Å². The Hall–Kier alpha value is 0.270. The molecule has 4 nitrogen and oxygen atoms in total. The molecule has 0 aromatic carbocycles. The summed E-state index contributed by atoms with van der Waals surface area (Å²) in [6.45, 7) is 1.30. The molecule has 0 unspecified atom stereocenters. The van der Waals surface area contributed by atoms with Crippen molar-refractivity contribution in [1.29, 1.82) is 0 Å². The van der Waals surface area contributed by atoms with Gasteiger partial charge in [0.05, 0.1) is 0 Å². The lowest BCUT2D eigenvalue weighted by Gasteiger charge is -2.14. The Morgan fingerprint density at radius 2 is 1.56 bits per heavy atom. The van der Waals surface area contributed by atoms with Gasteiger partial charge in [-0.15, -0.1) is 0 Å². The molecule has 0 amide bonds. The molecule has 0 spiro atoms. The molecule has 0 saturated carbocycles. The van der Waals surface area contributed by atoms with Crippen LogP contribution in [0.2, 0.25) is 0 Å². The highest BCUT2D eigenvalue weighted by Crippen LogP contribution is 2.51. The van der Waals surface area contributed by atoms with Crippen molar-refractivity contribution < 1.29 is 19.3 Å². The molecule has 0 fully saturated rings. The molecule has 0 bridgehead atoms. The summed E-state index contributed by atoms with van der Waals surface area (Å²) in [5.74, 6) is 0. The van der Waals surface area contributed by atoms with Crippen LogP contribution in [0.25, 0.3) is 0 Å². The molecule has 0 heterocycles. The van der Waals surface area contributed by atoms with Gasteiger partial charge in [-0.2, -0.15) is 0 Å². The van der Waals surface area contributed by atoms with Crippen LogP contribution in [0.15, 0.2) is 0 Å². The molecule has 0 aliphatic carbocycles. The van der Waals surface area contributed by atoms with Crippen molar-refractivity contribution in [3.8, 4) is 0 Å². The molecule has 0 aromatic heterocycles. The first-order valence-electron chi connectivity index (χ1n) is 2.39. The third-order valence-electron chi connectivity index (χ3n) is 0.803. The lowest BCUT2D eigenvalue weighted by Crippen LogP contribution is -2.16. The normalized spacial score (nSPS) is 12.7.